The first-order valence-electron chi connectivity index (χ1n) is 7.05. The third-order valence-corrected chi connectivity index (χ3v) is 4.01. The predicted octanol–water partition coefficient (Wildman–Crippen LogP) is 2.02. The highest BCUT2D eigenvalue weighted by Gasteiger charge is 2.41. The van der Waals surface area contributed by atoms with E-state index in [1.165, 1.54) is 12.8 Å². The molecular formula is C14H26N4. The number of nitrogens with zero attached hydrogens (tertiary/aromatic N) is 3. The molecule has 0 aromatic carbocycles. The average molecular weight is 250 g/mol. The van der Waals surface area contributed by atoms with Crippen LogP contribution in [0.2, 0.25) is 0 Å². The molecule has 1 saturated carbocycles. The Morgan fingerprint density at radius 1 is 1.50 bits per heavy atom. The first-order chi connectivity index (χ1) is 8.51. The van der Waals surface area contributed by atoms with Crippen LogP contribution in [-0.2, 0) is 13.5 Å². The van der Waals surface area contributed by atoms with Crippen LogP contribution < -0.4 is 5.32 Å². The molecule has 1 aromatic heterocycles. The summed E-state index contributed by atoms with van der Waals surface area (Å²) in [6.45, 7) is 9.09. The van der Waals surface area contributed by atoms with Crippen molar-refractivity contribution in [1.29, 1.82) is 0 Å². The Labute approximate surface area is 110 Å². The van der Waals surface area contributed by atoms with Crippen molar-refractivity contribution in [3.05, 3.63) is 12.2 Å². The highest BCUT2D eigenvalue weighted by Crippen LogP contribution is 2.46. The molecule has 0 saturated heterocycles. The monoisotopic (exact) mass is 250 g/mol. The molecule has 1 aliphatic carbocycles. The summed E-state index contributed by atoms with van der Waals surface area (Å²) in [6, 6.07) is 0. The second-order valence-electron chi connectivity index (χ2n) is 6.43. The van der Waals surface area contributed by atoms with Gasteiger partial charge in [-0.1, -0.05) is 20.8 Å². The molecule has 1 aliphatic rings. The minimum atomic E-state index is 0.329. The van der Waals surface area contributed by atoms with Crippen molar-refractivity contribution in [3.8, 4) is 0 Å². The maximum absolute atomic E-state index is 4.38. The molecule has 0 amide bonds. The average Bonchev–Trinajstić information content (AvgIpc) is 3.06. The zero-order chi connectivity index (χ0) is 13.2. The molecule has 1 fully saturated rings. The van der Waals surface area contributed by atoms with Crippen LogP contribution in [-0.4, -0.2) is 27.9 Å². The van der Waals surface area contributed by atoms with E-state index in [-0.39, 0.29) is 0 Å². The highest BCUT2D eigenvalue weighted by atomic mass is 15.3. The summed E-state index contributed by atoms with van der Waals surface area (Å²) in [7, 11) is 1.98. The molecule has 4 nitrogen and oxygen atoms in total. The Balaban J connectivity index is 1.96. The molecule has 102 valence electrons. The lowest BCUT2D eigenvalue weighted by atomic mass is 9.81. The van der Waals surface area contributed by atoms with Crippen LogP contribution in [0.25, 0.3) is 0 Å². The van der Waals surface area contributed by atoms with Gasteiger partial charge in [0.2, 0.25) is 0 Å². The van der Waals surface area contributed by atoms with Gasteiger partial charge in [0.15, 0.2) is 0 Å². The molecule has 4 heteroatoms. The molecule has 0 spiro atoms. The number of aryl methyl sites for hydroxylation is 1. The summed E-state index contributed by atoms with van der Waals surface area (Å²) in [6.07, 6.45) is 5.43. The van der Waals surface area contributed by atoms with Gasteiger partial charge < -0.3 is 5.32 Å². The van der Waals surface area contributed by atoms with Gasteiger partial charge in [-0.25, -0.2) is 4.98 Å². The first kappa shape index (κ1) is 13.5. The smallest absolute Gasteiger partial charge is 0.138 e. The van der Waals surface area contributed by atoms with Crippen molar-refractivity contribution in [1.82, 2.24) is 20.1 Å². The van der Waals surface area contributed by atoms with Crippen molar-refractivity contribution in [3.63, 3.8) is 0 Å². The topological polar surface area (TPSA) is 42.7 Å². The Hall–Kier alpha value is -0.900. The van der Waals surface area contributed by atoms with Gasteiger partial charge in [0, 0.05) is 20.0 Å². The van der Waals surface area contributed by atoms with Gasteiger partial charge in [0.1, 0.15) is 12.2 Å². The van der Waals surface area contributed by atoms with E-state index < -0.39 is 0 Å². The maximum atomic E-state index is 4.38. The minimum Gasteiger partial charge on any atom is -0.316 e. The molecule has 1 atom stereocenters. The largest absolute Gasteiger partial charge is 0.316 e. The highest BCUT2D eigenvalue weighted by molar-refractivity contribution is 5.00. The van der Waals surface area contributed by atoms with Crippen LogP contribution in [0.1, 0.15) is 39.4 Å². The zero-order valence-electron chi connectivity index (χ0n) is 12.1. The molecule has 1 heterocycles. The molecule has 0 aliphatic heterocycles. The number of rotatable bonds is 7. The molecule has 1 N–H and O–H groups in total. The minimum absolute atomic E-state index is 0.329. The van der Waals surface area contributed by atoms with Crippen molar-refractivity contribution in [2.45, 2.75) is 40.0 Å². The third-order valence-electron chi connectivity index (χ3n) is 4.01. The third kappa shape index (κ3) is 3.31. The molecule has 0 bridgehead atoms. The predicted molar refractivity (Wildman–Crippen MR) is 73.2 cm³/mol. The standard InChI is InChI=1S/C14H26N4/c1-11(2)8-15-9-14(3,12-5-6-12)7-13-16-10-17-18(13)4/h10-12,15H,5-9H2,1-4H3. The van der Waals surface area contributed by atoms with Crippen LogP contribution in [0.15, 0.2) is 6.33 Å². The lowest BCUT2D eigenvalue weighted by Crippen LogP contribution is -2.37. The number of hydrogen-bond donors (Lipinski definition) is 1. The van der Waals surface area contributed by atoms with Crippen LogP contribution in [0.3, 0.4) is 0 Å². The molecule has 18 heavy (non-hydrogen) atoms. The molecule has 2 rings (SSSR count). The molecule has 1 aromatic rings. The van der Waals surface area contributed by atoms with Gasteiger partial charge in [-0.3, -0.25) is 4.68 Å². The summed E-state index contributed by atoms with van der Waals surface area (Å²) in [5, 5.41) is 7.80. The molecule has 1 unspecified atom stereocenters. The van der Waals surface area contributed by atoms with Gasteiger partial charge in [-0.15, -0.1) is 0 Å². The van der Waals surface area contributed by atoms with Crippen molar-refractivity contribution >= 4 is 0 Å². The van der Waals surface area contributed by atoms with Crippen molar-refractivity contribution in [2.75, 3.05) is 13.1 Å². The fraction of sp³-hybridized carbons (Fsp3) is 0.857. The molecular weight excluding hydrogens is 224 g/mol. The summed E-state index contributed by atoms with van der Waals surface area (Å²) < 4.78 is 1.91. The van der Waals surface area contributed by atoms with E-state index in [0.717, 1.165) is 31.3 Å². The quantitative estimate of drug-likeness (QED) is 0.805. The maximum Gasteiger partial charge on any atom is 0.138 e. The second kappa shape index (κ2) is 5.39. The van der Waals surface area contributed by atoms with Crippen LogP contribution in [0, 0.1) is 17.3 Å². The van der Waals surface area contributed by atoms with Crippen LogP contribution in [0.4, 0.5) is 0 Å². The summed E-state index contributed by atoms with van der Waals surface area (Å²) in [4.78, 5) is 4.38. The van der Waals surface area contributed by atoms with E-state index in [1.54, 1.807) is 6.33 Å². The Morgan fingerprint density at radius 2 is 2.22 bits per heavy atom. The number of nitrogens with one attached hydrogen (secondary N) is 1. The zero-order valence-corrected chi connectivity index (χ0v) is 12.1. The SMILES string of the molecule is CC(C)CNCC(C)(Cc1ncnn1C)C1CC1. The fourth-order valence-electron chi connectivity index (χ4n) is 2.62. The van der Waals surface area contributed by atoms with E-state index in [2.05, 4.69) is 36.2 Å². The van der Waals surface area contributed by atoms with Crippen molar-refractivity contribution in [2.24, 2.45) is 24.3 Å². The van der Waals surface area contributed by atoms with Gasteiger partial charge in [-0.05, 0) is 36.6 Å². The van der Waals surface area contributed by atoms with Gasteiger partial charge in [0.25, 0.3) is 0 Å². The summed E-state index contributed by atoms with van der Waals surface area (Å²) in [5.41, 5.74) is 0.329. The van der Waals surface area contributed by atoms with Gasteiger partial charge >= 0.3 is 0 Å². The Morgan fingerprint density at radius 3 is 2.72 bits per heavy atom. The number of aromatic nitrogens is 3. The Bertz CT molecular complexity index is 381. The van der Waals surface area contributed by atoms with Gasteiger partial charge in [0.05, 0.1) is 0 Å². The molecule has 0 radical (unpaired) electrons. The normalized spacial score (nSPS) is 19.2. The lowest BCUT2D eigenvalue weighted by molar-refractivity contribution is 0.244. The van der Waals surface area contributed by atoms with E-state index in [0.29, 0.717) is 11.3 Å². The van der Waals surface area contributed by atoms with Crippen molar-refractivity contribution < 1.29 is 0 Å². The Kier molecular flexibility index (Phi) is 4.05. The summed E-state index contributed by atoms with van der Waals surface area (Å²) >= 11 is 0. The van der Waals surface area contributed by atoms with E-state index >= 15 is 0 Å². The van der Waals surface area contributed by atoms with Crippen LogP contribution >= 0.6 is 0 Å². The van der Waals surface area contributed by atoms with E-state index in [4.69, 9.17) is 0 Å². The second-order valence-corrected chi connectivity index (χ2v) is 6.43. The van der Waals surface area contributed by atoms with E-state index in [1.807, 2.05) is 11.7 Å². The van der Waals surface area contributed by atoms with E-state index in [9.17, 15) is 0 Å². The first-order valence-corrected chi connectivity index (χ1v) is 7.05. The summed E-state index contributed by atoms with van der Waals surface area (Å²) in [5.74, 6) is 2.67. The lowest BCUT2D eigenvalue weighted by Gasteiger charge is -2.30. The number of hydrogen-bond acceptors (Lipinski definition) is 3. The van der Waals surface area contributed by atoms with Gasteiger partial charge in [-0.2, -0.15) is 5.10 Å². The fourth-order valence-corrected chi connectivity index (χ4v) is 2.62. The van der Waals surface area contributed by atoms with Crippen LogP contribution in [0.5, 0.6) is 0 Å².